The van der Waals surface area contributed by atoms with Gasteiger partial charge in [-0.3, -0.25) is 9.69 Å². The lowest BCUT2D eigenvalue weighted by Crippen LogP contribution is -2.38. The summed E-state index contributed by atoms with van der Waals surface area (Å²) in [6.07, 6.45) is 8.80. The molecule has 1 N–H and O–H groups in total. The van der Waals surface area contributed by atoms with Crippen LogP contribution in [0.1, 0.15) is 81.8 Å². The molecule has 2 fully saturated rings. The quantitative estimate of drug-likeness (QED) is 0.463. The van der Waals surface area contributed by atoms with Gasteiger partial charge in [-0.05, 0) is 54.7 Å². The fourth-order valence-corrected chi connectivity index (χ4v) is 6.05. The zero-order valence-corrected chi connectivity index (χ0v) is 21.5. The van der Waals surface area contributed by atoms with Crippen molar-refractivity contribution in [3.05, 3.63) is 39.9 Å². The van der Waals surface area contributed by atoms with Crippen molar-refractivity contribution >= 4 is 10.9 Å². The van der Waals surface area contributed by atoms with E-state index in [1.165, 1.54) is 12.8 Å². The molecule has 2 aliphatic heterocycles. The second kappa shape index (κ2) is 10.8. The number of hydrogen-bond acceptors (Lipinski definition) is 8. The molecule has 3 aromatic rings. The zero-order chi connectivity index (χ0) is 25.2. The molecule has 6 rings (SSSR count). The minimum absolute atomic E-state index is 0.000151. The summed E-state index contributed by atoms with van der Waals surface area (Å²) in [5, 5.41) is 14.0. The standard InChI is InChI=1S/C27H36N6O4/c1-2-6-23(26-29-30-31-33(26)20-7-3-4-8-20)32(17-21-9-5-10-35-21)16-19-13-18-14-24-25(37-12-11-36-24)15-22(18)28-27(19)34/h13-15,20-21,23H,2-12,16-17H2,1H3,(H,28,34)/t21-,23-/m0/s1. The van der Waals surface area contributed by atoms with Crippen LogP contribution in [-0.4, -0.2) is 62.6 Å². The molecule has 0 amide bonds. The third kappa shape index (κ3) is 5.09. The molecule has 2 aromatic heterocycles. The van der Waals surface area contributed by atoms with Crippen LogP contribution in [-0.2, 0) is 11.3 Å². The van der Waals surface area contributed by atoms with Gasteiger partial charge in [0.25, 0.3) is 5.56 Å². The Labute approximate surface area is 216 Å². The van der Waals surface area contributed by atoms with E-state index in [-0.39, 0.29) is 17.7 Å². The molecule has 1 saturated heterocycles. The molecule has 0 radical (unpaired) electrons. The third-order valence-corrected chi connectivity index (χ3v) is 7.91. The average molecular weight is 509 g/mol. The Morgan fingerprint density at radius 2 is 1.89 bits per heavy atom. The van der Waals surface area contributed by atoms with E-state index in [4.69, 9.17) is 14.2 Å². The maximum absolute atomic E-state index is 13.3. The van der Waals surface area contributed by atoms with Crippen LogP contribution in [0.4, 0.5) is 0 Å². The van der Waals surface area contributed by atoms with Crippen molar-refractivity contribution in [2.75, 3.05) is 26.4 Å². The van der Waals surface area contributed by atoms with Gasteiger partial charge >= 0.3 is 0 Å². The average Bonchev–Trinajstić information content (AvgIpc) is 3.69. The number of pyridine rings is 1. The molecule has 1 aliphatic carbocycles. The van der Waals surface area contributed by atoms with E-state index in [0.717, 1.165) is 68.4 Å². The van der Waals surface area contributed by atoms with Crippen LogP contribution < -0.4 is 15.0 Å². The first kappa shape index (κ1) is 24.4. The number of benzene rings is 1. The second-order valence-corrected chi connectivity index (χ2v) is 10.5. The largest absolute Gasteiger partial charge is 0.486 e. The second-order valence-electron chi connectivity index (χ2n) is 10.5. The number of ether oxygens (including phenoxy) is 3. The van der Waals surface area contributed by atoms with E-state index in [9.17, 15) is 4.79 Å². The van der Waals surface area contributed by atoms with E-state index < -0.39 is 0 Å². The molecule has 1 saturated carbocycles. The van der Waals surface area contributed by atoms with Crippen molar-refractivity contribution in [2.45, 2.75) is 83.0 Å². The van der Waals surface area contributed by atoms with Crippen LogP contribution in [0.2, 0.25) is 0 Å². The predicted molar refractivity (Wildman–Crippen MR) is 138 cm³/mol. The van der Waals surface area contributed by atoms with Crippen LogP contribution in [0, 0.1) is 0 Å². The topological polar surface area (TPSA) is 107 Å². The van der Waals surface area contributed by atoms with Crippen molar-refractivity contribution in [1.29, 1.82) is 0 Å². The summed E-state index contributed by atoms with van der Waals surface area (Å²) in [6.45, 7) is 5.24. The van der Waals surface area contributed by atoms with Gasteiger partial charge in [0.05, 0.1) is 23.7 Å². The first-order chi connectivity index (χ1) is 18.2. The van der Waals surface area contributed by atoms with Crippen molar-refractivity contribution in [3.8, 4) is 11.5 Å². The summed E-state index contributed by atoms with van der Waals surface area (Å²) < 4.78 is 19.6. The van der Waals surface area contributed by atoms with Crippen molar-refractivity contribution in [2.24, 2.45) is 0 Å². The van der Waals surface area contributed by atoms with Crippen molar-refractivity contribution in [1.82, 2.24) is 30.1 Å². The highest BCUT2D eigenvalue weighted by atomic mass is 16.6. The van der Waals surface area contributed by atoms with Gasteiger partial charge in [-0.15, -0.1) is 5.10 Å². The highest BCUT2D eigenvalue weighted by molar-refractivity contribution is 5.83. The number of nitrogens with one attached hydrogen (secondary N) is 1. The molecule has 2 atom stereocenters. The molecule has 0 spiro atoms. The number of fused-ring (bicyclic) bond motifs is 2. The van der Waals surface area contributed by atoms with Gasteiger partial charge in [0.2, 0.25) is 0 Å². The monoisotopic (exact) mass is 508 g/mol. The SMILES string of the molecule is CCC[C@@H](c1nnnn1C1CCCC1)N(Cc1cc2cc3c(cc2[nH]c1=O)OCCO3)C[C@@H]1CCCO1. The Bertz CT molecular complexity index is 1280. The summed E-state index contributed by atoms with van der Waals surface area (Å²) in [4.78, 5) is 18.7. The Morgan fingerprint density at radius 1 is 1.08 bits per heavy atom. The van der Waals surface area contributed by atoms with Gasteiger partial charge in [-0.1, -0.05) is 26.2 Å². The van der Waals surface area contributed by atoms with E-state index >= 15 is 0 Å². The lowest BCUT2D eigenvalue weighted by atomic mass is 10.0. The van der Waals surface area contributed by atoms with E-state index in [2.05, 4.69) is 37.0 Å². The van der Waals surface area contributed by atoms with Gasteiger partial charge in [0.1, 0.15) is 13.2 Å². The zero-order valence-electron chi connectivity index (χ0n) is 21.5. The molecule has 0 bridgehead atoms. The Hall–Kier alpha value is -2.98. The molecule has 4 heterocycles. The van der Waals surface area contributed by atoms with Crippen LogP contribution in [0.3, 0.4) is 0 Å². The predicted octanol–water partition coefficient (Wildman–Crippen LogP) is 3.92. The molecule has 3 aliphatic rings. The molecule has 10 nitrogen and oxygen atoms in total. The maximum Gasteiger partial charge on any atom is 0.252 e. The smallest absolute Gasteiger partial charge is 0.252 e. The van der Waals surface area contributed by atoms with Gasteiger partial charge in [0, 0.05) is 36.7 Å². The summed E-state index contributed by atoms with van der Waals surface area (Å²) in [5.41, 5.74) is 1.37. The number of tetrazole rings is 1. The Kier molecular flexibility index (Phi) is 7.10. The van der Waals surface area contributed by atoms with Crippen LogP contribution in [0.25, 0.3) is 10.9 Å². The van der Waals surface area contributed by atoms with Crippen molar-refractivity contribution < 1.29 is 14.2 Å². The normalized spacial score (nSPS) is 20.8. The summed E-state index contributed by atoms with van der Waals surface area (Å²) in [6, 6.07) is 6.15. The van der Waals surface area contributed by atoms with Crippen LogP contribution in [0.5, 0.6) is 11.5 Å². The van der Waals surface area contributed by atoms with E-state index in [1.54, 1.807) is 0 Å². The van der Waals surface area contributed by atoms with Gasteiger partial charge < -0.3 is 19.2 Å². The number of aromatic nitrogens is 5. The number of H-pyrrole nitrogens is 1. The van der Waals surface area contributed by atoms with Crippen molar-refractivity contribution in [3.63, 3.8) is 0 Å². The van der Waals surface area contributed by atoms with Gasteiger partial charge in [0.15, 0.2) is 17.3 Å². The number of nitrogens with zero attached hydrogens (tertiary/aromatic N) is 5. The van der Waals surface area contributed by atoms with Gasteiger partial charge in [-0.2, -0.15) is 0 Å². The minimum Gasteiger partial charge on any atom is -0.486 e. The molecule has 10 heteroatoms. The lowest BCUT2D eigenvalue weighted by Gasteiger charge is -2.33. The molecule has 0 unspecified atom stereocenters. The summed E-state index contributed by atoms with van der Waals surface area (Å²) in [7, 11) is 0. The molecular formula is C27H36N6O4. The number of rotatable bonds is 9. The summed E-state index contributed by atoms with van der Waals surface area (Å²) >= 11 is 0. The molecule has 1 aromatic carbocycles. The minimum atomic E-state index is -0.0906. The first-order valence-corrected chi connectivity index (χ1v) is 13.8. The molecular weight excluding hydrogens is 472 g/mol. The number of hydrogen-bond donors (Lipinski definition) is 1. The van der Waals surface area contributed by atoms with Gasteiger partial charge in [-0.25, -0.2) is 4.68 Å². The highest BCUT2D eigenvalue weighted by Gasteiger charge is 2.32. The third-order valence-electron chi connectivity index (χ3n) is 7.91. The number of aromatic amines is 1. The first-order valence-electron chi connectivity index (χ1n) is 13.8. The fraction of sp³-hybridized carbons (Fsp3) is 0.630. The molecule has 198 valence electrons. The maximum atomic E-state index is 13.3. The van der Waals surface area contributed by atoms with Crippen LogP contribution >= 0.6 is 0 Å². The Balaban J connectivity index is 1.35. The Morgan fingerprint density at radius 3 is 2.65 bits per heavy atom. The summed E-state index contributed by atoms with van der Waals surface area (Å²) in [5.74, 6) is 2.29. The van der Waals surface area contributed by atoms with E-state index in [0.29, 0.717) is 42.9 Å². The lowest BCUT2D eigenvalue weighted by molar-refractivity contribution is 0.0471. The highest BCUT2D eigenvalue weighted by Crippen LogP contribution is 2.36. The van der Waals surface area contributed by atoms with Crippen LogP contribution in [0.15, 0.2) is 23.0 Å². The molecule has 37 heavy (non-hydrogen) atoms. The van der Waals surface area contributed by atoms with E-state index in [1.807, 2.05) is 18.2 Å². The fourth-order valence-electron chi connectivity index (χ4n) is 6.05.